The fourth-order valence-electron chi connectivity index (χ4n) is 1.85. The minimum Gasteiger partial charge on any atom is -0.444 e. The summed E-state index contributed by atoms with van der Waals surface area (Å²) in [7, 11) is 0. The number of hydrogen-bond acceptors (Lipinski definition) is 4. The fourth-order valence-corrected chi connectivity index (χ4v) is 2.43. The fraction of sp³-hybridized carbons (Fsp3) is 0.611. The minimum atomic E-state index is -0.434. The second-order valence-electron chi connectivity index (χ2n) is 6.56. The van der Waals surface area contributed by atoms with Crippen molar-refractivity contribution in [3.05, 3.63) is 29.8 Å². The molecule has 0 radical (unpaired) electrons. The van der Waals surface area contributed by atoms with E-state index < -0.39 is 5.60 Å². The smallest absolute Gasteiger partial charge is 0.407 e. The number of amides is 1. The summed E-state index contributed by atoms with van der Waals surface area (Å²) >= 11 is 1.43. The van der Waals surface area contributed by atoms with Gasteiger partial charge in [-0.15, -0.1) is 0 Å². The second kappa shape index (κ2) is 10.6. The van der Waals surface area contributed by atoms with Crippen LogP contribution in [-0.2, 0) is 8.92 Å². The Morgan fingerprint density at radius 3 is 2.39 bits per heavy atom. The first-order valence-electron chi connectivity index (χ1n) is 8.20. The minimum absolute atomic E-state index is 0.338. The number of aryl methyl sites for hydroxylation is 1. The molecule has 0 bridgehead atoms. The first-order valence-corrected chi connectivity index (χ1v) is 8.94. The van der Waals surface area contributed by atoms with Crippen LogP contribution >= 0.6 is 12.0 Å². The Balaban J connectivity index is 1.92. The number of nitrogens with one attached hydrogen (secondary N) is 1. The summed E-state index contributed by atoms with van der Waals surface area (Å²) in [6, 6.07) is 8.32. The van der Waals surface area contributed by atoms with Crippen LogP contribution < -0.4 is 5.32 Å². The third-order valence-corrected chi connectivity index (χ3v) is 3.75. The predicted molar refractivity (Wildman–Crippen MR) is 95.7 cm³/mol. The summed E-state index contributed by atoms with van der Waals surface area (Å²) in [6.07, 6.45) is 3.84. The van der Waals surface area contributed by atoms with Gasteiger partial charge in [-0.1, -0.05) is 30.5 Å². The average molecular weight is 340 g/mol. The quantitative estimate of drug-likeness (QED) is 0.502. The Morgan fingerprint density at radius 2 is 1.74 bits per heavy atom. The molecular formula is C18H29NO3S. The van der Waals surface area contributed by atoms with Gasteiger partial charge in [0.15, 0.2) is 0 Å². The van der Waals surface area contributed by atoms with Crippen molar-refractivity contribution in [3.8, 4) is 0 Å². The van der Waals surface area contributed by atoms with E-state index in [0.717, 1.165) is 37.2 Å². The van der Waals surface area contributed by atoms with Crippen molar-refractivity contribution in [2.45, 2.75) is 63.9 Å². The van der Waals surface area contributed by atoms with Gasteiger partial charge >= 0.3 is 6.09 Å². The Labute approximate surface area is 144 Å². The highest BCUT2D eigenvalue weighted by molar-refractivity contribution is 7.94. The van der Waals surface area contributed by atoms with Gasteiger partial charge in [-0.2, -0.15) is 0 Å². The third kappa shape index (κ3) is 11.0. The van der Waals surface area contributed by atoms with Crippen molar-refractivity contribution in [1.82, 2.24) is 5.32 Å². The summed E-state index contributed by atoms with van der Waals surface area (Å²) in [5.74, 6) is 0. The number of benzene rings is 1. The van der Waals surface area contributed by atoms with Crippen LogP contribution in [0.1, 0.15) is 52.0 Å². The number of carbonyl (C=O) groups is 1. The molecule has 4 nitrogen and oxygen atoms in total. The molecule has 1 amide bonds. The number of alkyl carbamates (subject to hydrolysis) is 1. The highest BCUT2D eigenvalue weighted by atomic mass is 32.2. The van der Waals surface area contributed by atoms with Crippen LogP contribution in [-0.4, -0.2) is 24.8 Å². The molecular weight excluding hydrogens is 310 g/mol. The van der Waals surface area contributed by atoms with Crippen LogP contribution in [0, 0.1) is 6.92 Å². The molecule has 0 fully saturated rings. The van der Waals surface area contributed by atoms with E-state index >= 15 is 0 Å². The van der Waals surface area contributed by atoms with Crippen molar-refractivity contribution in [3.63, 3.8) is 0 Å². The molecule has 1 N–H and O–H groups in total. The summed E-state index contributed by atoms with van der Waals surface area (Å²) in [5.41, 5.74) is 0.825. The van der Waals surface area contributed by atoms with Crippen molar-refractivity contribution in [1.29, 1.82) is 0 Å². The molecule has 23 heavy (non-hydrogen) atoms. The molecule has 1 rings (SSSR count). The standard InChI is InChI=1S/C18H29NO3S/c1-15-9-11-16(12-10-15)23-21-14-8-6-5-7-13-19-17(20)22-18(2,3)4/h9-12H,5-8,13-14H2,1-4H3,(H,19,20). The van der Waals surface area contributed by atoms with Gasteiger partial charge in [0.05, 0.1) is 6.61 Å². The molecule has 0 aliphatic heterocycles. The van der Waals surface area contributed by atoms with E-state index in [2.05, 4.69) is 36.5 Å². The van der Waals surface area contributed by atoms with Crippen molar-refractivity contribution in [2.75, 3.05) is 13.2 Å². The maximum absolute atomic E-state index is 11.4. The first-order chi connectivity index (χ1) is 10.9. The third-order valence-electron chi connectivity index (χ3n) is 3.00. The zero-order chi connectivity index (χ0) is 17.1. The maximum atomic E-state index is 11.4. The second-order valence-corrected chi connectivity index (χ2v) is 7.44. The molecule has 5 heteroatoms. The van der Waals surface area contributed by atoms with Crippen LogP contribution in [0.5, 0.6) is 0 Å². The van der Waals surface area contributed by atoms with Gasteiger partial charge in [0.2, 0.25) is 0 Å². The summed E-state index contributed by atoms with van der Waals surface area (Å²) in [5, 5.41) is 2.77. The average Bonchev–Trinajstić information content (AvgIpc) is 2.45. The van der Waals surface area contributed by atoms with E-state index in [-0.39, 0.29) is 6.09 Å². The maximum Gasteiger partial charge on any atom is 0.407 e. The van der Waals surface area contributed by atoms with E-state index in [0.29, 0.717) is 6.54 Å². The molecule has 0 aliphatic carbocycles. The highest BCUT2D eigenvalue weighted by Gasteiger charge is 2.15. The lowest BCUT2D eigenvalue weighted by atomic mass is 10.2. The normalized spacial score (nSPS) is 11.3. The molecule has 0 unspecified atom stereocenters. The SMILES string of the molecule is Cc1ccc(SOCCCCCCNC(=O)OC(C)(C)C)cc1. The van der Waals surface area contributed by atoms with E-state index in [9.17, 15) is 4.79 Å². The predicted octanol–water partition coefficient (Wildman–Crippen LogP) is 5.10. The molecule has 0 aliphatic rings. The topological polar surface area (TPSA) is 47.6 Å². The zero-order valence-corrected chi connectivity index (χ0v) is 15.5. The molecule has 1 aromatic rings. The highest BCUT2D eigenvalue weighted by Crippen LogP contribution is 2.19. The molecule has 0 atom stereocenters. The van der Waals surface area contributed by atoms with Crippen LogP contribution in [0.15, 0.2) is 29.2 Å². The van der Waals surface area contributed by atoms with Crippen LogP contribution in [0.2, 0.25) is 0 Å². The molecule has 0 spiro atoms. The number of carbonyl (C=O) groups excluding carboxylic acids is 1. The van der Waals surface area contributed by atoms with Crippen molar-refractivity contribution < 1.29 is 13.7 Å². The number of hydrogen-bond donors (Lipinski definition) is 1. The Bertz CT molecular complexity index is 454. The lowest BCUT2D eigenvalue weighted by molar-refractivity contribution is 0.0527. The number of ether oxygens (including phenoxy) is 1. The lowest BCUT2D eigenvalue weighted by Crippen LogP contribution is -2.32. The number of unbranched alkanes of at least 4 members (excludes halogenated alkanes) is 3. The van der Waals surface area contributed by atoms with Gasteiger partial charge in [-0.05, 0) is 52.7 Å². The zero-order valence-electron chi connectivity index (χ0n) is 14.7. The van der Waals surface area contributed by atoms with Crippen molar-refractivity contribution in [2.24, 2.45) is 0 Å². The lowest BCUT2D eigenvalue weighted by Gasteiger charge is -2.19. The molecule has 130 valence electrons. The first kappa shape index (κ1) is 19.8. The van der Waals surface area contributed by atoms with E-state index in [1.54, 1.807) is 0 Å². The van der Waals surface area contributed by atoms with Gasteiger partial charge < -0.3 is 14.2 Å². The van der Waals surface area contributed by atoms with E-state index in [1.165, 1.54) is 17.6 Å². The molecule has 0 aromatic heterocycles. The summed E-state index contributed by atoms with van der Waals surface area (Å²) in [6.45, 7) is 9.07. The van der Waals surface area contributed by atoms with Gasteiger partial charge in [0, 0.05) is 23.5 Å². The van der Waals surface area contributed by atoms with Crippen molar-refractivity contribution >= 4 is 18.1 Å². The van der Waals surface area contributed by atoms with E-state index in [4.69, 9.17) is 8.92 Å². The van der Waals surface area contributed by atoms with Crippen LogP contribution in [0.3, 0.4) is 0 Å². The summed E-state index contributed by atoms with van der Waals surface area (Å²) in [4.78, 5) is 12.6. The Kier molecular flexibility index (Phi) is 9.10. The summed E-state index contributed by atoms with van der Waals surface area (Å²) < 4.78 is 10.8. The van der Waals surface area contributed by atoms with Crippen LogP contribution in [0.25, 0.3) is 0 Å². The van der Waals surface area contributed by atoms with Gasteiger partial charge in [0.1, 0.15) is 5.60 Å². The molecule has 0 saturated carbocycles. The number of rotatable bonds is 9. The Morgan fingerprint density at radius 1 is 1.09 bits per heavy atom. The van der Waals surface area contributed by atoms with Crippen LogP contribution in [0.4, 0.5) is 4.79 Å². The molecule has 1 aromatic carbocycles. The monoisotopic (exact) mass is 339 g/mol. The van der Waals surface area contributed by atoms with Gasteiger partial charge in [-0.3, -0.25) is 0 Å². The van der Waals surface area contributed by atoms with Gasteiger partial charge in [-0.25, -0.2) is 4.79 Å². The Hall–Kier alpha value is -1.20. The van der Waals surface area contributed by atoms with Gasteiger partial charge in [0.25, 0.3) is 0 Å². The largest absolute Gasteiger partial charge is 0.444 e. The molecule has 0 heterocycles. The van der Waals surface area contributed by atoms with E-state index in [1.807, 2.05) is 20.8 Å². The molecule has 0 saturated heterocycles.